The van der Waals surface area contributed by atoms with Crippen LogP contribution in [0.4, 0.5) is 0 Å². The van der Waals surface area contributed by atoms with Crippen molar-refractivity contribution in [3.8, 4) is 17.1 Å². The number of rotatable bonds is 4. The summed E-state index contributed by atoms with van der Waals surface area (Å²) >= 11 is 0. The number of para-hydroxylation sites is 1. The summed E-state index contributed by atoms with van der Waals surface area (Å²) in [6, 6.07) is 40.2. The third-order valence-electron chi connectivity index (χ3n) is 10.0. The summed E-state index contributed by atoms with van der Waals surface area (Å²) in [4.78, 5) is 14.0. The van der Waals surface area contributed by atoms with Gasteiger partial charge in [-0.3, -0.25) is 15.0 Å². The summed E-state index contributed by atoms with van der Waals surface area (Å²) in [5, 5.41) is 5.33. The molecule has 0 aliphatic rings. The lowest BCUT2D eigenvalue weighted by Gasteiger charge is -2.11. The summed E-state index contributed by atoms with van der Waals surface area (Å²) < 4.78 is 13.2. The first-order valence-corrected chi connectivity index (χ1v) is 16.8. The van der Waals surface area contributed by atoms with Crippen LogP contribution in [-0.2, 0) is 0 Å². The molecular formula is C43H27N7O. The van der Waals surface area contributed by atoms with Gasteiger partial charge in [-0.1, -0.05) is 18.2 Å². The average molecular weight is 658 g/mol. The SMILES string of the molecule is N/C=C\c1cc2cnccc2n1-c1ccc2c(c1)c1ncccc1n2-c1ccc2oc3ccc(-n4c5ccccc5c5ncccc54)cc3c2c1. The molecule has 8 nitrogen and oxygen atoms in total. The third-order valence-corrected chi connectivity index (χ3v) is 10.0. The average Bonchev–Trinajstić information content (AvgIpc) is 3.92. The Hall–Kier alpha value is -7.19. The predicted molar refractivity (Wildman–Crippen MR) is 206 cm³/mol. The van der Waals surface area contributed by atoms with Gasteiger partial charge >= 0.3 is 0 Å². The summed E-state index contributed by atoms with van der Waals surface area (Å²) in [5.41, 5.74) is 18.9. The van der Waals surface area contributed by atoms with Gasteiger partial charge in [-0.25, -0.2) is 0 Å². The molecule has 11 rings (SSSR count). The van der Waals surface area contributed by atoms with E-state index in [-0.39, 0.29) is 0 Å². The highest BCUT2D eigenvalue weighted by molar-refractivity contribution is 6.11. The monoisotopic (exact) mass is 657 g/mol. The Bertz CT molecular complexity index is 3180. The van der Waals surface area contributed by atoms with Crippen molar-refractivity contribution in [3.05, 3.63) is 152 Å². The van der Waals surface area contributed by atoms with Crippen molar-refractivity contribution in [2.45, 2.75) is 0 Å². The standard InChI is InChI=1S/C43H27N7O/c44-17-15-30-21-26-25-45-20-16-35(26)48(30)27-9-12-37-34(24-27)43-39(8-4-19-47-43)50(37)29-11-14-41-33(23-29)32-22-28(10-13-40(32)51-41)49-36-6-2-1-5-31(36)42-38(49)7-3-18-46-42/h1-25H,44H2/b17-15-. The highest BCUT2D eigenvalue weighted by atomic mass is 16.3. The molecule has 0 atom stereocenters. The lowest BCUT2D eigenvalue weighted by atomic mass is 10.1. The maximum Gasteiger partial charge on any atom is 0.135 e. The van der Waals surface area contributed by atoms with Crippen LogP contribution in [0.25, 0.3) is 99.9 Å². The van der Waals surface area contributed by atoms with Gasteiger partial charge in [0.05, 0.1) is 38.6 Å². The summed E-state index contributed by atoms with van der Waals surface area (Å²) in [5.74, 6) is 0. The number of nitrogens with two attached hydrogens (primary N) is 1. The zero-order valence-electron chi connectivity index (χ0n) is 27.1. The molecule has 51 heavy (non-hydrogen) atoms. The third kappa shape index (κ3) is 3.92. The second kappa shape index (κ2) is 10.4. The van der Waals surface area contributed by atoms with Crippen molar-refractivity contribution < 1.29 is 4.42 Å². The van der Waals surface area contributed by atoms with E-state index in [4.69, 9.17) is 20.1 Å². The minimum atomic E-state index is 0.838. The summed E-state index contributed by atoms with van der Waals surface area (Å²) in [7, 11) is 0. The minimum Gasteiger partial charge on any atom is -0.456 e. The molecule has 0 radical (unpaired) electrons. The molecule has 0 unspecified atom stereocenters. The summed E-state index contributed by atoms with van der Waals surface area (Å²) in [6.45, 7) is 0. The van der Waals surface area contributed by atoms with Crippen LogP contribution < -0.4 is 5.73 Å². The molecule has 0 aliphatic carbocycles. The first kappa shape index (κ1) is 27.7. The molecule has 0 fully saturated rings. The van der Waals surface area contributed by atoms with Crippen molar-refractivity contribution in [1.82, 2.24) is 28.7 Å². The normalized spacial score (nSPS) is 12.3. The van der Waals surface area contributed by atoms with E-state index in [0.717, 1.165) is 99.5 Å². The van der Waals surface area contributed by atoms with E-state index in [2.05, 4.69) is 116 Å². The van der Waals surface area contributed by atoms with Crippen molar-refractivity contribution in [3.63, 3.8) is 0 Å². The van der Waals surface area contributed by atoms with Gasteiger partial charge in [0.15, 0.2) is 0 Å². The number of nitrogens with zero attached hydrogens (tertiary/aromatic N) is 6. The fourth-order valence-electron chi connectivity index (χ4n) is 7.92. The molecule has 0 bridgehead atoms. The Morgan fingerprint density at radius 3 is 1.84 bits per heavy atom. The fraction of sp³-hybridized carbons (Fsp3) is 0. The van der Waals surface area contributed by atoms with Gasteiger partial charge in [-0.2, -0.15) is 0 Å². The van der Waals surface area contributed by atoms with Crippen molar-refractivity contribution in [2.24, 2.45) is 5.73 Å². The Labute approximate surface area is 289 Å². The first-order chi connectivity index (χ1) is 25.2. The lowest BCUT2D eigenvalue weighted by Crippen LogP contribution is -1.98. The second-order valence-corrected chi connectivity index (χ2v) is 12.8. The number of furan rings is 1. The molecule has 0 saturated carbocycles. The number of aromatic nitrogens is 6. The van der Waals surface area contributed by atoms with Crippen LogP contribution in [0.3, 0.4) is 0 Å². The molecule has 240 valence electrons. The number of pyridine rings is 3. The van der Waals surface area contributed by atoms with Gasteiger partial charge in [0.1, 0.15) is 11.2 Å². The van der Waals surface area contributed by atoms with Gasteiger partial charge < -0.3 is 23.9 Å². The Kier molecular flexibility index (Phi) is 5.66. The van der Waals surface area contributed by atoms with Gasteiger partial charge in [0.25, 0.3) is 0 Å². The zero-order chi connectivity index (χ0) is 33.6. The van der Waals surface area contributed by atoms with Crippen LogP contribution in [0.1, 0.15) is 5.69 Å². The zero-order valence-corrected chi connectivity index (χ0v) is 27.1. The molecule has 0 spiro atoms. The molecule has 0 saturated heterocycles. The maximum absolute atomic E-state index is 6.41. The van der Waals surface area contributed by atoms with Gasteiger partial charge in [-0.15, -0.1) is 0 Å². The topological polar surface area (TPSA) is 92.6 Å². The molecule has 8 heteroatoms. The van der Waals surface area contributed by atoms with E-state index < -0.39 is 0 Å². The molecule has 4 aromatic carbocycles. The highest BCUT2D eigenvalue weighted by Gasteiger charge is 2.19. The Balaban J connectivity index is 1.12. The van der Waals surface area contributed by atoms with Crippen LogP contribution in [0.5, 0.6) is 0 Å². The molecular weight excluding hydrogens is 631 g/mol. The highest BCUT2D eigenvalue weighted by Crippen LogP contribution is 2.38. The van der Waals surface area contributed by atoms with E-state index in [1.54, 1.807) is 6.20 Å². The number of hydrogen-bond donors (Lipinski definition) is 1. The minimum absolute atomic E-state index is 0.838. The van der Waals surface area contributed by atoms with E-state index in [9.17, 15) is 0 Å². The van der Waals surface area contributed by atoms with Crippen molar-refractivity contribution in [2.75, 3.05) is 0 Å². The second-order valence-electron chi connectivity index (χ2n) is 12.8. The molecule has 11 aromatic rings. The molecule has 0 amide bonds. The van der Waals surface area contributed by atoms with Crippen LogP contribution >= 0.6 is 0 Å². The van der Waals surface area contributed by atoms with Crippen LogP contribution in [0, 0.1) is 0 Å². The largest absolute Gasteiger partial charge is 0.456 e. The van der Waals surface area contributed by atoms with E-state index in [1.165, 1.54) is 0 Å². The van der Waals surface area contributed by atoms with E-state index in [1.807, 2.05) is 49.1 Å². The van der Waals surface area contributed by atoms with Crippen molar-refractivity contribution >= 4 is 82.8 Å². The summed E-state index contributed by atoms with van der Waals surface area (Å²) in [6.07, 6.45) is 10.9. The van der Waals surface area contributed by atoms with Crippen LogP contribution in [0.2, 0.25) is 0 Å². The Morgan fingerprint density at radius 2 is 1.12 bits per heavy atom. The van der Waals surface area contributed by atoms with Gasteiger partial charge in [-0.05, 0) is 109 Å². The molecule has 7 aromatic heterocycles. The van der Waals surface area contributed by atoms with E-state index >= 15 is 0 Å². The van der Waals surface area contributed by atoms with Crippen LogP contribution in [0.15, 0.2) is 151 Å². The number of benzene rings is 4. The number of fused-ring (bicyclic) bond motifs is 10. The molecule has 7 heterocycles. The fourth-order valence-corrected chi connectivity index (χ4v) is 7.92. The van der Waals surface area contributed by atoms with Crippen LogP contribution in [-0.4, -0.2) is 28.7 Å². The molecule has 2 N–H and O–H groups in total. The predicted octanol–water partition coefficient (Wildman–Crippen LogP) is 9.84. The van der Waals surface area contributed by atoms with Gasteiger partial charge in [0, 0.05) is 74.5 Å². The smallest absolute Gasteiger partial charge is 0.135 e. The van der Waals surface area contributed by atoms with Crippen molar-refractivity contribution in [1.29, 1.82) is 0 Å². The molecule has 0 aliphatic heterocycles. The first-order valence-electron chi connectivity index (χ1n) is 16.8. The quantitative estimate of drug-likeness (QED) is 0.203. The number of hydrogen-bond acceptors (Lipinski definition) is 5. The Morgan fingerprint density at radius 1 is 0.510 bits per heavy atom. The maximum atomic E-state index is 6.41. The van der Waals surface area contributed by atoms with E-state index in [0.29, 0.717) is 0 Å². The van der Waals surface area contributed by atoms with Gasteiger partial charge in [0.2, 0.25) is 0 Å². The lowest BCUT2D eigenvalue weighted by molar-refractivity contribution is 0.669.